The zero-order valence-electron chi connectivity index (χ0n) is 16.7. The first-order chi connectivity index (χ1) is 14.1. The highest BCUT2D eigenvalue weighted by Gasteiger charge is 2.26. The van der Waals surface area contributed by atoms with Crippen molar-refractivity contribution < 1.29 is 9.59 Å². The first kappa shape index (κ1) is 20.3. The fourth-order valence-corrected chi connectivity index (χ4v) is 2.99. The maximum Gasteiger partial charge on any atom is 0.251 e. The van der Waals surface area contributed by atoms with Crippen LogP contribution in [0.1, 0.15) is 36.2 Å². The summed E-state index contributed by atoms with van der Waals surface area (Å²) in [5.41, 5.74) is 2.38. The van der Waals surface area contributed by atoms with Crippen molar-refractivity contribution in [3.63, 3.8) is 0 Å². The average Bonchev–Trinajstić information content (AvgIpc) is 3.25. The summed E-state index contributed by atoms with van der Waals surface area (Å²) in [6.45, 7) is 4.31. The number of rotatable bonds is 8. The van der Waals surface area contributed by atoms with Crippen LogP contribution >= 0.6 is 0 Å². The standard InChI is InChI=1S/C23H26N4O2/c1-3-17(2)21(26-22(28)19-10-6-4-7-11-19)23(29)24-14-18-15-25-27(16-18)20-12-8-5-9-13-20/h4-13,15-17,21H,3,14H2,1-2H3,(H,24,29)(H,26,28)/t17-,21-/m0/s1. The lowest BCUT2D eigenvalue weighted by molar-refractivity contribution is -0.124. The third-order valence-corrected chi connectivity index (χ3v) is 4.94. The van der Waals surface area contributed by atoms with Crippen molar-refractivity contribution in [2.24, 2.45) is 5.92 Å². The molecular weight excluding hydrogens is 364 g/mol. The second-order valence-electron chi connectivity index (χ2n) is 7.05. The van der Waals surface area contributed by atoms with Gasteiger partial charge in [-0.2, -0.15) is 5.10 Å². The molecule has 0 radical (unpaired) electrons. The van der Waals surface area contributed by atoms with E-state index in [-0.39, 0.29) is 17.7 Å². The summed E-state index contributed by atoms with van der Waals surface area (Å²) in [4.78, 5) is 25.3. The second-order valence-corrected chi connectivity index (χ2v) is 7.05. The Morgan fingerprint density at radius 3 is 2.34 bits per heavy atom. The van der Waals surface area contributed by atoms with Gasteiger partial charge in [0, 0.05) is 23.9 Å². The van der Waals surface area contributed by atoms with E-state index in [4.69, 9.17) is 0 Å². The quantitative estimate of drug-likeness (QED) is 0.619. The third kappa shape index (κ3) is 5.31. The van der Waals surface area contributed by atoms with Crippen molar-refractivity contribution in [2.75, 3.05) is 0 Å². The van der Waals surface area contributed by atoms with Gasteiger partial charge >= 0.3 is 0 Å². The molecule has 3 rings (SSSR count). The van der Waals surface area contributed by atoms with Gasteiger partial charge in [-0.1, -0.05) is 56.7 Å². The fraction of sp³-hybridized carbons (Fsp3) is 0.261. The molecule has 0 fully saturated rings. The highest BCUT2D eigenvalue weighted by molar-refractivity contribution is 5.97. The molecule has 2 N–H and O–H groups in total. The first-order valence-corrected chi connectivity index (χ1v) is 9.81. The van der Waals surface area contributed by atoms with Crippen LogP contribution in [0.5, 0.6) is 0 Å². The lowest BCUT2D eigenvalue weighted by atomic mass is 9.97. The maximum absolute atomic E-state index is 12.8. The highest BCUT2D eigenvalue weighted by Crippen LogP contribution is 2.11. The fourth-order valence-electron chi connectivity index (χ4n) is 2.99. The number of benzene rings is 2. The Hall–Kier alpha value is -3.41. The number of hydrogen-bond donors (Lipinski definition) is 2. The minimum absolute atomic E-state index is 0.00899. The topological polar surface area (TPSA) is 76.0 Å². The molecule has 0 aliphatic rings. The molecule has 2 aromatic carbocycles. The van der Waals surface area contributed by atoms with Crippen molar-refractivity contribution in [3.8, 4) is 5.69 Å². The predicted molar refractivity (Wildman–Crippen MR) is 113 cm³/mol. The molecule has 0 aliphatic carbocycles. The molecule has 0 bridgehead atoms. The van der Waals surface area contributed by atoms with Crippen LogP contribution in [0.4, 0.5) is 0 Å². The summed E-state index contributed by atoms with van der Waals surface area (Å²) >= 11 is 0. The first-order valence-electron chi connectivity index (χ1n) is 9.81. The van der Waals surface area contributed by atoms with Crippen molar-refractivity contribution in [2.45, 2.75) is 32.9 Å². The Morgan fingerprint density at radius 1 is 1.03 bits per heavy atom. The maximum atomic E-state index is 12.8. The van der Waals surface area contributed by atoms with Crippen molar-refractivity contribution in [1.82, 2.24) is 20.4 Å². The van der Waals surface area contributed by atoms with Crippen molar-refractivity contribution in [1.29, 1.82) is 0 Å². The second kappa shape index (κ2) is 9.68. The summed E-state index contributed by atoms with van der Waals surface area (Å²) in [5.74, 6) is -0.436. The van der Waals surface area contributed by atoms with Gasteiger partial charge in [-0.3, -0.25) is 9.59 Å². The van der Waals surface area contributed by atoms with E-state index in [1.165, 1.54) is 0 Å². The lowest BCUT2D eigenvalue weighted by Gasteiger charge is -2.23. The van der Waals surface area contributed by atoms with Gasteiger partial charge in [0.05, 0.1) is 11.9 Å². The highest BCUT2D eigenvalue weighted by atomic mass is 16.2. The smallest absolute Gasteiger partial charge is 0.251 e. The number of aromatic nitrogens is 2. The van der Waals surface area contributed by atoms with Gasteiger partial charge in [0.1, 0.15) is 6.04 Å². The molecule has 0 spiro atoms. The van der Waals surface area contributed by atoms with E-state index in [0.29, 0.717) is 12.1 Å². The minimum Gasteiger partial charge on any atom is -0.350 e. The number of carbonyl (C=O) groups is 2. The largest absolute Gasteiger partial charge is 0.350 e. The molecule has 150 valence electrons. The third-order valence-electron chi connectivity index (χ3n) is 4.94. The van der Waals surface area contributed by atoms with E-state index in [0.717, 1.165) is 17.7 Å². The van der Waals surface area contributed by atoms with Crippen molar-refractivity contribution >= 4 is 11.8 Å². The van der Waals surface area contributed by atoms with Crippen LogP contribution in [0.3, 0.4) is 0 Å². The molecule has 29 heavy (non-hydrogen) atoms. The van der Waals surface area contributed by atoms with E-state index in [1.54, 1.807) is 35.1 Å². The van der Waals surface area contributed by atoms with Crippen LogP contribution in [0, 0.1) is 5.92 Å². The Bertz CT molecular complexity index is 938. The lowest BCUT2D eigenvalue weighted by Crippen LogP contribution is -2.50. The average molecular weight is 390 g/mol. The van der Waals surface area contributed by atoms with Crippen molar-refractivity contribution in [3.05, 3.63) is 84.2 Å². The molecule has 3 aromatic rings. The van der Waals surface area contributed by atoms with Gasteiger partial charge in [-0.15, -0.1) is 0 Å². The van der Waals surface area contributed by atoms with E-state index >= 15 is 0 Å². The van der Waals surface area contributed by atoms with E-state index in [1.807, 2.05) is 56.4 Å². The molecule has 1 aromatic heterocycles. The molecule has 0 unspecified atom stereocenters. The predicted octanol–water partition coefficient (Wildman–Crippen LogP) is 3.33. The summed E-state index contributed by atoms with van der Waals surface area (Å²) in [6, 6.07) is 18.1. The Labute approximate surface area is 170 Å². The molecule has 6 heteroatoms. The summed E-state index contributed by atoms with van der Waals surface area (Å²) < 4.78 is 1.77. The molecule has 2 amide bonds. The van der Waals surface area contributed by atoms with Crippen LogP contribution in [0.15, 0.2) is 73.1 Å². The number of amides is 2. The van der Waals surface area contributed by atoms with Gasteiger partial charge in [0.15, 0.2) is 0 Å². The van der Waals surface area contributed by atoms with Gasteiger partial charge in [0.2, 0.25) is 5.91 Å². The monoisotopic (exact) mass is 390 g/mol. The van der Waals surface area contributed by atoms with Crippen LogP contribution < -0.4 is 10.6 Å². The zero-order valence-corrected chi connectivity index (χ0v) is 16.7. The molecule has 2 atom stereocenters. The van der Waals surface area contributed by atoms with Crippen LogP contribution in [0.2, 0.25) is 0 Å². The minimum atomic E-state index is -0.600. The zero-order chi connectivity index (χ0) is 20.6. The number of nitrogens with one attached hydrogen (secondary N) is 2. The number of hydrogen-bond acceptors (Lipinski definition) is 3. The number of carbonyl (C=O) groups excluding carboxylic acids is 2. The number of nitrogens with zero attached hydrogens (tertiary/aromatic N) is 2. The molecule has 0 aliphatic heterocycles. The summed E-state index contributed by atoms with van der Waals surface area (Å²) in [5, 5.41) is 10.2. The molecule has 6 nitrogen and oxygen atoms in total. The Kier molecular flexibility index (Phi) is 6.79. The SMILES string of the molecule is CC[C@H](C)[C@H](NC(=O)c1ccccc1)C(=O)NCc1cnn(-c2ccccc2)c1. The summed E-state index contributed by atoms with van der Waals surface area (Å²) in [6.07, 6.45) is 4.39. The number of para-hydroxylation sites is 1. The van der Waals surface area contributed by atoms with E-state index in [9.17, 15) is 9.59 Å². The van der Waals surface area contributed by atoms with Gasteiger partial charge in [-0.05, 0) is 30.2 Å². The summed E-state index contributed by atoms with van der Waals surface area (Å²) in [7, 11) is 0. The van der Waals surface area contributed by atoms with E-state index in [2.05, 4.69) is 15.7 Å². The van der Waals surface area contributed by atoms with Gasteiger partial charge in [-0.25, -0.2) is 4.68 Å². The van der Waals surface area contributed by atoms with Crippen LogP contribution in [-0.2, 0) is 11.3 Å². The molecule has 0 saturated heterocycles. The van der Waals surface area contributed by atoms with E-state index < -0.39 is 6.04 Å². The Balaban J connectivity index is 1.63. The van der Waals surface area contributed by atoms with Gasteiger partial charge in [0.25, 0.3) is 5.91 Å². The molecule has 0 saturated carbocycles. The van der Waals surface area contributed by atoms with Crippen LogP contribution in [0.25, 0.3) is 5.69 Å². The van der Waals surface area contributed by atoms with Gasteiger partial charge < -0.3 is 10.6 Å². The normalized spacial score (nSPS) is 12.8. The molecule has 1 heterocycles. The van der Waals surface area contributed by atoms with Crippen LogP contribution in [-0.4, -0.2) is 27.6 Å². The Morgan fingerprint density at radius 2 is 1.69 bits per heavy atom. The molecular formula is C23H26N4O2.